The molecular weight excluding hydrogens is 378 g/mol. The van der Waals surface area contributed by atoms with E-state index in [1.165, 1.54) is 37.5 Å². The number of rotatable bonds is 5. The van der Waals surface area contributed by atoms with Crippen molar-refractivity contribution in [3.05, 3.63) is 23.3 Å². The van der Waals surface area contributed by atoms with Crippen molar-refractivity contribution < 1.29 is 22.4 Å². The van der Waals surface area contributed by atoms with Crippen LogP contribution in [-0.4, -0.2) is 33.3 Å². The molecule has 0 heterocycles. The van der Waals surface area contributed by atoms with Crippen LogP contribution in [0.5, 0.6) is 5.75 Å². The molecule has 2 N–H and O–H groups in total. The molecule has 0 saturated heterocycles. The fraction of sp³-hybridized carbons (Fsp3) is 0.714. The van der Waals surface area contributed by atoms with Crippen LogP contribution in [0.2, 0.25) is 0 Å². The number of ether oxygens (including phenoxy) is 2. The second-order valence-electron chi connectivity index (χ2n) is 8.67. The summed E-state index contributed by atoms with van der Waals surface area (Å²) in [6.45, 7) is 2.32. The van der Waals surface area contributed by atoms with Crippen LogP contribution in [0.3, 0.4) is 0 Å². The zero-order chi connectivity index (χ0) is 20.1. The Morgan fingerprint density at radius 2 is 2.00 bits per heavy atom. The quantitative estimate of drug-likeness (QED) is 0.713. The highest BCUT2D eigenvalue weighted by Gasteiger charge is 2.56. The summed E-state index contributed by atoms with van der Waals surface area (Å²) in [4.78, 5) is 0. The van der Waals surface area contributed by atoms with Gasteiger partial charge in [-0.25, -0.2) is 0 Å². The Hall–Kier alpha value is -1.31. The average molecular weight is 410 g/mol. The minimum atomic E-state index is -4.34. The van der Waals surface area contributed by atoms with Crippen LogP contribution >= 0.6 is 0 Å². The highest BCUT2D eigenvalue weighted by atomic mass is 32.2. The summed E-state index contributed by atoms with van der Waals surface area (Å²) in [5, 5.41) is 0. The first-order chi connectivity index (χ1) is 13.3. The van der Waals surface area contributed by atoms with Crippen LogP contribution in [0.15, 0.2) is 12.1 Å². The van der Waals surface area contributed by atoms with Crippen molar-refractivity contribution in [2.75, 3.05) is 18.9 Å². The van der Waals surface area contributed by atoms with Crippen LogP contribution in [0.1, 0.15) is 62.5 Å². The van der Waals surface area contributed by atoms with Crippen molar-refractivity contribution in [2.24, 2.45) is 17.3 Å². The fourth-order valence-electron chi connectivity index (χ4n) is 6.77. The predicted octanol–water partition coefficient (Wildman–Crippen LogP) is 4.17. The van der Waals surface area contributed by atoms with E-state index in [4.69, 9.17) is 9.47 Å². The minimum absolute atomic E-state index is 0.307. The molecule has 1 aromatic rings. The van der Waals surface area contributed by atoms with Crippen molar-refractivity contribution in [3.8, 4) is 5.75 Å². The van der Waals surface area contributed by atoms with Gasteiger partial charge >= 0.3 is 10.3 Å². The van der Waals surface area contributed by atoms with E-state index >= 15 is 0 Å². The number of nitrogens with one attached hydrogen (secondary N) is 1. The number of methoxy groups -OCH3 is 2. The molecule has 6 nitrogen and oxygen atoms in total. The lowest BCUT2D eigenvalue weighted by molar-refractivity contribution is -0.0592. The van der Waals surface area contributed by atoms with Gasteiger partial charge in [-0.2, -0.15) is 8.42 Å². The van der Waals surface area contributed by atoms with Gasteiger partial charge in [0.2, 0.25) is 0 Å². The summed E-state index contributed by atoms with van der Waals surface area (Å²) in [5.41, 5.74) is 3.07. The largest absolute Gasteiger partial charge is 0.495 e. The first-order valence-corrected chi connectivity index (χ1v) is 11.8. The third-order valence-electron chi connectivity index (χ3n) is 7.86. The Labute approximate surface area is 167 Å². The van der Waals surface area contributed by atoms with Crippen LogP contribution in [0.4, 0.5) is 5.69 Å². The van der Waals surface area contributed by atoms with Crippen molar-refractivity contribution in [2.45, 2.75) is 63.9 Å². The SMILES string of the molecule is CC[C@]12CC[C@@H]3c4cc(OC)c(NS(=O)(=O)O)cc4CC[C@H]3[C@@H]1CC[C@@H]2OC. The lowest BCUT2D eigenvalue weighted by atomic mass is 9.54. The monoisotopic (exact) mass is 409 g/mol. The molecule has 2 fully saturated rings. The second-order valence-corrected chi connectivity index (χ2v) is 9.83. The van der Waals surface area contributed by atoms with Gasteiger partial charge in [-0.05, 0) is 91.4 Å². The van der Waals surface area contributed by atoms with E-state index in [0.29, 0.717) is 40.7 Å². The zero-order valence-electron chi connectivity index (χ0n) is 16.9. The standard InChI is InChI=1S/C21H31NO5S/c1-4-21-10-9-14-15(17(21)7-8-20(21)27-3)6-5-13-11-18(22-28(23,24)25)19(26-2)12-16(13)14/h11-12,14-15,17,20,22H,4-10H2,1-3H3,(H,23,24,25)/t14-,15+,17-,20-,21-/m0/s1. The molecule has 5 atom stereocenters. The lowest BCUT2D eigenvalue weighted by Crippen LogP contribution is -2.46. The molecule has 2 saturated carbocycles. The Morgan fingerprint density at radius 1 is 1.21 bits per heavy atom. The van der Waals surface area contributed by atoms with Gasteiger partial charge in [0.25, 0.3) is 0 Å². The molecule has 0 aromatic heterocycles. The molecule has 4 rings (SSSR count). The lowest BCUT2D eigenvalue weighted by Gasteiger charge is -2.52. The van der Waals surface area contributed by atoms with E-state index in [1.54, 1.807) is 0 Å². The smallest absolute Gasteiger partial charge is 0.357 e. The number of fused-ring (bicyclic) bond motifs is 5. The molecule has 0 spiro atoms. The third kappa shape index (κ3) is 3.12. The van der Waals surface area contributed by atoms with Gasteiger partial charge in [-0.1, -0.05) is 6.92 Å². The summed E-state index contributed by atoms with van der Waals surface area (Å²) < 4.78 is 45.3. The topological polar surface area (TPSA) is 84.9 Å². The highest BCUT2D eigenvalue weighted by molar-refractivity contribution is 7.87. The molecule has 0 amide bonds. The molecule has 0 aliphatic heterocycles. The normalized spacial score (nSPS) is 34.3. The summed E-state index contributed by atoms with van der Waals surface area (Å²) >= 11 is 0. The van der Waals surface area contributed by atoms with E-state index in [-0.39, 0.29) is 0 Å². The van der Waals surface area contributed by atoms with Crippen LogP contribution < -0.4 is 9.46 Å². The number of hydrogen-bond donors (Lipinski definition) is 2. The Balaban J connectivity index is 1.69. The van der Waals surface area contributed by atoms with Crippen molar-refractivity contribution in [3.63, 3.8) is 0 Å². The van der Waals surface area contributed by atoms with E-state index in [0.717, 1.165) is 25.7 Å². The molecule has 0 radical (unpaired) electrons. The van der Waals surface area contributed by atoms with Gasteiger partial charge in [0.1, 0.15) is 5.75 Å². The van der Waals surface area contributed by atoms with Gasteiger partial charge in [0, 0.05) is 7.11 Å². The third-order valence-corrected chi connectivity index (χ3v) is 8.34. The van der Waals surface area contributed by atoms with Crippen molar-refractivity contribution >= 4 is 16.0 Å². The van der Waals surface area contributed by atoms with Crippen LogP contribution in [-0.2, 0) is 21.5 Å². The Kier molecular flexibility index (Phi) is 5.13. The van der Waals surface area contributed by atoms with Gasteiger partial charge in [-0.15, -0.1) is 0 Å². The highest BCUT2D eigenvalue weighted by Crippen LogP contribution is 2.63. The van der Waals surface area contributed by atoms with Gasteiger partial charge in [0.05, 0.1) is 18.9 Å². The Bertz CT molecular complexity index is 855. The molecule has 1 aromatic carbocycles. The maximum atomic E-state index is 11.3. The average Bonchev–Trinajstić information content (AvgIpc) is 3.05. The molecule has 156 valence electrons. The molecule has 0 bridgehead atoms. The number of hydrogen-bond acceptors (Lipinski definition) is 4. The molecule has 7 heteroatoms. The fourth-order valence-corrected chi connectivity index (χ4v) is 7.21. The van der Waals surface area contributed by atoms with E-state index < -0.39 is 10.3 Å². The van der Waals surface area contributed by atoms with Crippen molar-refractivity contribution in [1.82, 2.24) is 0 Å². The number of aryl methyl sites for hydroxylation is 1. The van der Waals surface area contributed by atoms with E-state index in [1.807, 2.05) is 19.2 Å². The molecule has 0 unspecified atom stereocenters. The van der Waals surface area contributed by atoms with Gasteiger partial charge in [0.15, 0.2) is 0 Å². The maximum Gasteiger partial charge on any atom is 0.357 e. The Morgan fingerprint density at radius 3 is 2.64 bits per heavy atom. The summed E-state index contributed by atoms with van der Waals surface area (Å²) in [7, 11) is -0.945. The van der Waals surface area contributed by atoms with E-state index in [2.05, 4.69) is 11.6 Å². The predicted molar refractivity (Wildman–Crippen MR) is 108 cm³/mol. The first-order valence-electron chi connectivity index (χ1n) is 10.3. The van der Waals surface area contributed by atoms with Crippen LogP contribution in [0, 0.1) is 17.3 Å². The summed E-state index contributed by atoms with van der Waals surface area (Å²) in [6, 6.07) is 3.83. The number of anilines is 1. The molecule has 3 aliphatic carbocycles. The van der Waals surface area contributed by atoms with Crippen LogP contribution in [0.25, 0.3) is 0 Å². The van der Waals surface area contributed by atoms with Gasteiger partial charge < -0.3 is 9.47 Å². The zero-order valence-corrected chi connectivity index (χ0v) is 17.7. The minimum Gasteiger partial charge on any atom is -0.495 e. The maximum absolute atomic E-state index is 11.3. The molecule has 3 aliphatic rings. The summed E-state index contributed by atoms with van der Waals surface area (Å²) in [6.07, 6.45) is 8.31. The van der Waals surface area contributed by atoms with Gasteiger partial charge in [-0.3, -0.25) is 9.27 Å². The molecule has 28 heavy (non-hydrogen) atoms. The van der Waals surface area contributed by atoms with E-state index in [9.17, 15) is 13.0 Å². The van der Waals surface area contributed by atoms with Crippen molar-refractivity contribution in [1.29, 1.82) is 0 Å². The number of benzene rings is 1. The summed E-state index contributed by atoms with van der Waals surface area (Å²) in [5.74, 6) is 2.28. The first kappa shape index (κ1) is 20.0. The molecular formula is C21H31NO5S. The second kappa shape index (κ2) is 7.18.